The molecule has 5 nitrogen and oxygen atoms in total. The van der Waals surface area contributed by atoms with Crippen LogP contribution in [0.2, 0.25) is 0 Å². The summed E-state index contributed by atoms with van der Waals surface area (Å²) in [7, 11) is -4.03. The number of benzene rings is 2. The number of halogens is 1. The largest absolute Gasteiger partial charge is 0.366 e. The number of sulfone groups is 1. The topological polar surface area (TPSA) is 59.4 Å². The Kier molecular flexibility index (Phi) is 5.64. The van der Waals surface area contributed by atoms with Crippen LogP contribution in [0, 0.1) is 12.7 Å². The van der Waals surface area contributed by atoms with Crippen molar-refractivity contribution in [3.05, 3.63) is 64.2 Å². The summed E-state index contributed by atoms with van der Waals surface area (Å²) in [5, 5.41) is 0.0847. The predicted octanol–water partition coefficient (Wildman–Crippen LogP) is 4.68. The van der Waals surface area contributed by atoms with E-state index in [9.17, 15) is 13.2 Å². The fraction of sp³-hybridized carbons (Fsp3) is 0.375. The second kappa shape index (κ2) is 8.11. The minimum Gasteiger partial charge on any atom is -0.366 e. The summed E-state index contributed by atoms with van der Waals surface area (Å²) in [6.45, 7) is 6.96. The summed E-state index contributed by atoms with van der Waals surface area (Å²) in [6, 6.07) is 9.56. The zero-order chi connectivity index (χ0) is 22.3. The lowest BCUT2D eigenvalue weighted by atomic mass is 10.0. The Balaban J connectivity index is 1.94. The molecule has 1 atom stereocenters. The van der Waals surface area contributed by atoms with E-state index in [1.54, 1.807) is 29.7 Å². The van der Waals surface area contributed by atoms with Crippen molar-refractivity contribution < 1.29 is 12.8 Å². The van der Waals surface area contributed by atoms with E-state index in [-0.39, 0.29) is 21.2 Å². The van der Waals surface area contributed by atoms with Gasteiger partial charge in [-0.2, -0.15) is 0 Å². The number of nitrogens with zero attached hydrogens (tertiary/aromatic N) is 2. The zero-order valence-electron chi connectivity index (χ0n) is 18.1. The van der Waals surface area contributed by atoms with Crippen molar-refractivity contribution in [3.8, 4) is 0 Å². The van der Waals surface area contributed by atoms with Gasteiger partial charge in [0.05, 0.1) is 21.5 Å². The molecule has 0 spiro atoms. The van der Waals surface area contributed by atoms with Gasteiger partial charge in [0.25, 0.3) is 0 Å². The number of rotatable bonds is 4. The molecule has 1 aliphatic rings. The molecule has 0 saturated carbocycles. The number of fused-ring (bicyclic) bond motifs is 1. The lowest BCUT2D eigenvalue weighted by Crippen LogP contribution is -2.38. The van der Waals surface area contributed by atoms with Crippen LogP contribution in [0.15, 0.2) is 57.2 Å². The summed E-state index contributed by atoms with van der Waals surface area (Å²) >= 11 is 0. The van der Waals surface area contributed by atoms with Crippen LogP contribution in [0.25, 0.3) is 10.9 Å². The van der Waals surface area contributed by atoms with Crippen molar-refractivity contribution in [2.45, 2.75) is 62.4 Å². The van der Waals surface area contributed by atoms with Crippen LogP contribution in [0.5, 0.6) is 0 Å². The van der Waals surface area contributed by atoms with Gasteiger partial charge in [-0.15, -0.1) is 0 Å². The second-order valence-electron chi connectivity index (χ2n) is 8.29. The maximum atomic E-state index is 15.2. The molecule has 2 heterocycles. The van der Waals surface area contributed by atoms with Gasteiger partial charge in [-0.25, -0.2) is 12.8 Å². The first-order valence-corrected chi connectivity index (χ1v) is 12.2. The predicted molar refractivity (Wildman–Crippen MR) is 121 cm³/mol. The third-order valence-electron chi connectivity index (χ3n) is 6.16. The Labute approximate surface area is 182 Å². The Morgan fingerprint density at radius 3 is 2.61 bits per heavy atom. The number of piperidine rings is 1. The molecular formula is C24H27FN2O3S. The first kappa shape index (κ1) is 21.6. The van der Waals surface area contributed by atoms with Gasteiger partial charge in [-0.05, 0) is 69.9 Å². The number of anilines is 1. The number of hydrogen-bond acceptors (Lipinski definition) is 4. The highest BCUT2D eigenvalue weighted by Crippen LogP contribution is 2.31. The standard InChI is InChI=1S/C24H27FN2O3S/c1-4-26-15-23(31(29,30)18-10-7-8-16(2)12-18)24(28)19-13-20(25)22(14-21(19)26)27-11-6-5-9-17(27)3/h7-8,10,12-15,17H,4-6,9,11H2,1-3H3/t17-/m0/s1. The normalized spacial score (nSPS) is 17.3. The molecule has 1 fully saturated rings. The van der Waals surface area contributed by atoms with Crippen molar-refractivity contribution in [1.29, 1.82) is 0 Å². The van der Waals surface area contributed by atoms with E-state index >= 15 is 4.39 Å². The average molecular weight is 443 g/mol. The molecular weight excluding hydrogens is 415 g/mol. The van der Waals surface area contributed by atoms with E-state index in [0.717, 1.165) is 31.4 Å². The van der Waals surface area contributed by atoms with Gasteiger partial charge in [-0.3, -0.25) is 4.79 Å². The molecule has 0 bridgehead atoms. The zero-order valence-corrected chi connectivity index (χ0v) is 18.9. The van der Waals surface area contributed by atoms with Crippen molar-refractivity contribution in [2.75, 3.05) is 11.4 Å². The molecule has 7 heteroatoms. The highest BCUT2D eigenvalue weighted by atomic mass is 32.2. The van der Waals surface area contributed by atoms with Gasteiger partial charge in [0.1, 0.15) is 10.7 Å². The monoisotopic (exact) mass is 442 g/mol. The lowest BCUT2D eigenvalue weighted by Gasteiger charge is -2.35. The summed E-state index contributed by atoms with van der Waals surface area (Å²) in [5.41, 5.74) is 1.13. The van der Waals surface area contributed by atoms with Crippen LogP contribution in [-0.2, 0) is 16.4 Å². The molecule has 0 aliphatic carbocycles. The summed E-state index contributed by atoms with van der Waals surface area (Å²) in [5.74, 6) is -0.494. The maximum Gasteiger partial charge on any atom is 0.211 e. The van der Waals surface area contributed by atoms with Crippen LogP contribution < -0.4 is 10.3 Å². The number of hydrogen-bond donors (Lipinski definition) is 0. The maximum absolute atomic E-state index is 15.2. The van der Waals surface area contributed by atoms with Crippen molar-refractivity contribution >= 4 is 26.4 Å². The molecule has 0 N–H and O–H groups in total. The first-order valence-electron chi connectivity index (χ1n) is 10.7. The minimum atomic E-state index is -4.03. The molecule has 1 aliphatic heterocycles. The SMILES string of the molecule is CCn1cc(S(=O)(=O)c2cccc(C)c2)c(=O)c2cc(F)c(N3CCCC[C@@H]3C)cc21. The highest BCUT2D eigenvalue weighted by molar-refractivity contribution is 7.91. The van der Waals surface area contributed by atoms with Crippen molar-refractivity contribution in [2.24, 2.45) is 0 Å². The van der Waals surface area contributed by atoms with Crippen LogP contribution >= 0.6 is 0 Å². The Hall–Kier alpha value is -2.67. The van der Waals surface area contributed by atoms with Crippen LogP contribution in [0.4, 0.5) is 10.1 Å². The van der Waals surface area contributed by atoms with Gasteiger partial charge in [-0.1, -0.05) is 12.1 Å². The van der Waals surface area contributed by atoms with Gasteiger partial charge < -0.3 is 9.47 Å². The van der Waals surface area contributed by atoms with E-state index in [1.807, 2.05) is 11.8 Å². The highest BCUT2D eigenvalue weighted by Gasteiger charge is 2.26. The van der Waals surface area contributed by atoms with Crippen LogP contribution in [0.1, 0.15) is 38.7 Å². The number of aryl methyl sites for hydroxylation is 2. The fourth-order valence-electron chi connectivity index (χ4n) is 4.41. The van der Waals surface area contributed by atoms with E-state index in [2.05, 4.69) is 6.92 Å². The van der Waals surface area contributed by atoms with Gasteiger partial charge in [0, 0.05) is 25.3 Å². The molecule has 0 amide bonds. The average Bonchev–Trinajstić information content (AvgIpc) is 2.74. The number of aromatic nitrogens is 1. The third kappa shape index (κ3) is 3.76. The Morgan fingerprint density at radius 2 is 1.94 bits per heavy atom. The second-order valence-corrected chi connectivity index (χ2v) is 10.2. The van der Waals surface area contributed by atoms with Crippen molar-refractivity contribution in [3.63, 3.8) is 0 Å². The van der Waals surface area contributed by atoms with Crippen LogP contribution in [-0.4, -0.2) is 25.6 Å². The van der Waals surface area contributed by atoms with Gasteiger partial charge >= 0.3 is 0 Å². The summed E-state index contributed by atoms with van der Waals surface area (Å²) in [4.78, 5) is 15.0. The molecule has 2 aromatic carbocycles. The Bertz CT molecular complexity index is 1310. The molecule has 1 saturated heterocycles. The molecule has 0 radical (unpaired) electrons. The fourth-order valence-corrected chi connectivity index (χ4v) is 5.88. The van der Waals surface area contributed by atoms with Crippen molar-refractivity contribution in [1.82, 2.24) is 4.57 Å². The summed E-state index contributed by atoms with van der Waals surface area (Å²) in [6.07, 6.45) is 4.50. The van der Waals surface area contributed by atoms with E-state index < -0.39 is 21.1 Å². The summed E-state index contributed by atoms with van der Waals surface area (Å²) < 4.78 is 43.4. The lowest BCUT2D eigenvalue weighted by molar-refractivity contribution is 0.476. The number of pyridine rings is 1. The minimum absolute atomic E-state index is 0.0610. The third-order valence-corrected chi connectivity index (χ3v) is 7.90. The van der Waals surface area contributed by atoms with Gasteiger partial charge in [0.15, 0.2) is 0 Å². The quantitative estimate of drug-likeness (QED) is 0.589. The van der Waals surface area contributed by atoms with E-state index in [0.29, 0.717) is 17.7 Å². The molecule has 0 unspecified atom stereocenters. The molecule has 164 valence electrons. The van der Waals surface area contributed by atoms with E-state index in [1.165, 1.54) is 24.4 Å². The molecule has 4 rings (SSSR count). The van der Waals surface area contributed by atoms with E-state index in [4.69, 9.17) is 0 Å². The molecule has 31 heavy (non-hydrogen) atoms. The van der Waals surface area contributed by atoms with Crippen LogP contribution in [0.3, 0.4) is 0 Å². The first-order chi connectivity index (χ1) is 14.7. The molecule has 1 aromatic heterocycles. The Morgan fingerprint density at radius 1 is 1.16 bits per heavy atom. The smallest absolute Gasteiger partial charge is 0.211 e. The van der Waals surface area contributed by atoms with Gasteiger partial charge in [0.2, 0.25) is 15.3 Å². The molecule has 3 aromatic rings.